The van der Waals surface area contributed by atoms with Gasteiger partial charge in [0.2, 0.25) is 5.13 Å². The van der Waals surface area contributed by atoms with E-state index in [1.807, 2.05) is 30.5 Å². The van der Waals surface area contributed by atoms with Gasteiger partial charge < -0.3 is 5.11 Å². The molecule has 3 aromatic rings. The van der Waals surface area contributed by atoms with Crippen LogP contribution in [0.2, 0.25) is 0 Å². The molecule has 0 aliphatic heterocycles. The summed E-state index contributed by atoms with van der Waals surface area (Å²) >= 11 is 1.25. The largest absolute Gasteiger partial charge is 0.476 e. The molecule has 0 saturated heterocycles. The SMILES string of the molecule is O=C(O)c1csc(-n2cc3ccccc3n2)n1. The molecule has 0 bridgehead atoms. The summed E-state index contributed by atoms with van der Waals surface area (Å²) in [6.07, 6.45) is 1.83. The molecular weight excluding hydrogens is 238 g/mol. The van der Waals surface area contributed by atoms with Gasteiger partial charge in [-0.05, 0) is 6.07 Å². The Morgan fingerprint density at radius 1 is 1.35 bits per heavy atom. The average molecular weight is 245 g/mol. The number of aromatic nitrogens is 3. The fourth-order valence-corrected chi connectivity index (χ4v) is 2.25. The molecule has 1 aromatic carbocycles. The number of nitrogens with zero attached hydrogens (tertiary/aromatic N) is 3. The van der Waals surface area contributed by atoms with Crippen LogP contribution in [-0.2, 0) is 0 Å². The highest BCUT2D eigenvalue weighted by Crippen LogP contribution is 2.18. The third kappa shape index (κ3) is 1.68. The maximum Gasteiger partial charge on any atom is 0.355 e. The first kappa shape index (κ1) is 9.98. The minimum Gasteiger partial charge on any atom is -0.476 e. The summed E-state index contributed by atoms with van der Waals surface area (Å²) in [5, 5.41) is 16.2. The zero-order chi connectivity index (χ0) is 11.8. The first-order valence-electron chi connectivity index (χ1n) is 4.87. The number of thiazole rings is 1. The monoisotopic (exact) mass is 245 g/mol. The molecule has 1 N–H and O–H groups in total. The van der Waals surface area contributed by atoms with Crippen LogP contribution in [0.25, 0.3) is 16.0 Å². The minimum atomic E-state index is -1.02. The molecule has 0 spiro atoms. The molecule has 0 amide bonds. The zero-order valence-electron chi connectivity index (χ0n) is 8.57. The van der Waals surface area contributed by atoms with Crippen molar-refractivity contribution in [3.63, 3.8) is 0 Å². The van der Waals surface area contributed by atoms with Gasteiger partial charge in [0.25, 0.3) is 0 Å². The van der Waals surface area contributed by atoms with E-state index in [4.69, 9.17) is 5.11 Å². The number of carbonyl (C=O) groups is 1. The number of aromatic carboxylic acids is 1. The van der Waals surface area contributed by atoms with Crippen molar-refractivity contribution in [1.29, 1.82) is 0 Å². The molecule has 0 fully saturated rings. The van der Waals surface area contributed by atoms with Gasteiger partial charge in [0.15, 0.2) is 5.69 Å². The number of fused-ring (bicyclic) bond motifs is 1. The maximum absolute atomic E-state index is 10.7. The number of rotatable bonds is 2. The van der Waals surface area contributed by atoms with Crippen molar-refractivity contribution in [2.75, 3.05) is 0 Å². The Labute approximate surface area is 100.0 Å². The van der Waals surface area contributed by atoms with Gasteiger partial charge in [0.05, 0.1) is 5.52 Å². The highest BCUT2D eigenvalue weighted by Gasteiger charge is 2.10. The van der Waals surface area contributed by atoms with Crippen LogP contribution in [0.4, 0.5) is 0 Å². The Morgan fingerprint density at radius 3 is 2.88 bits per heavy atom. The fourth-order valence-electron chi connectivity index (χ4n) is 1.53. The van der Waals surface area contributed by atoms with Crippen LogP contribution in [0.1, 0.15) is 10.5 Å². The first-order valence-corrected chi connectivity index (χ1v) is 5.75. The summed E-state index contributed by atoms with van der Waals surface area (Å²) in [7, 11) is 0. The molecule has 0 atom stereocenters. The lowest BCUT2D eigenvalue weighted by Crippen LogP contribution is -1.98. The summed E-state index contributed by atoms with van der Waals surface area (Å²) in [5.74, 6) is -1.02. The molecule has 6 heteroatoms. The predicted molar refractivity (Wildman–Crippen MR) is 63.7 cm³/mol. The molecule has 2 aromatic heterocycles. The van der Waals surface area contributed by atoms with Gasteiger partial charge in [-0.15, -0.1) is 11.3 Å². The second kappa shape index (κ2) is 3.67. The average Bonchev–Trinajstić information content (AvgIpc) is 2.95. The quantitative estimate of drug-likeness (QED) is 0.751. The lowest BCUT2D eigenvalue weighted by Gasteiger charge is -1.91. The van der Waals surface area contributed by atoms with Crippen molar-refractivity contribution in [2.24, 2.45) is 0 Å². The lowest BCUT2D eigenvalue weighted by molar-refractivity contribution is 0.0691. The van der Waals surface area contributed by atoms with E-state index >= 15 is 0 Å². The molecule has 2 heterocycles. The van der Waals surface area contributed by atoms with Gasteiger partial charge in [0.1, 0.15) is 0 Å². The highest BCUT2D eigenvalue weighted by atomic mass is 32.1. The number of benzene rings is 1. The molecule has 5 nitrogen and oxygen atoms in total. The Morgan fingerprint density at radius 2 is 2.18 bits per heavy atom. The maximum atomic E-state index is 10.7. The molecule has 0 aliphatic rings. The van der Waals surface area contributed by atoms with E-state index in [1.165, 1.54) is 16.7 Å². The van der Waals surface area contributed by atoms with E-state index in [0.29, 0.717) is 5.13 Å². The van der Waals surface area contributed by atoms with Crippen LogP contribution in [0.3, 0.4) is 0 Å². The van der Waals surface area contributed by atoms with Crippen LogP contribution in [0.5, 0.6) is 0 Å². The van der Waals surface area contributed by atoms with Crippen molar-refractivity contribution >= 4 is 28.2 Å². The third-order valence-corrected chi connectivity index (χ3v) is 3.15. The summed E-state index contributed by atoms with van der Waals surface area (Å²) in [4.78, 5) is 14.7. The van der Waals surface area contributed by atoms with Crippen LogP contribution in [0, 0.1) is 0 Å². The number of carboxylic acid groups (broad SMARTS) is 1. The molecular formula is C11H7N3O2S. The fraction of sp³-hybridized carbons (Fsp3) is 0. The van der Waals surface area contributed by atoms with Crippen LogP contribution in [-0.4, -0.2) is 25.8 Å². The zero-order valence-corrected chi connectivity index (χ0v) is 9.39. The molecule has 0 unspecified atom stereocenters. The summed E-state index contributed by atoms with van der Waals surface area (Å²) in [6, 6.07) is 7.69. The first-order chi connectivity index (χ1) is 8.24. The van der Waals surface area contributed by atoms with Gasteiger partial charge in [0, 0.05) is 17.0 Å². The van der Waals surface area contributed by atoms with Crippen LogP contribution < -0.4 is 0 Å². The third-order valence-electron chi connectivity index (χ3n) is 2.32. The Hall–Kier alpha value is -2.21. The lowest BCUT2D eigenvalue weighted by atomic mass is 10.3. The highest BCUT2D eigenvalue weighted by molar-refractivity contribution is 7.12. The molecule has 0 aliphatic carbocycles. The molecule has 0 radical (unpaired) electrons. The van der Waals surface area contributed by atoms with Gasteiger partial charge in [-0.25, -0.2) is 14.5 Å². The second-order valence-electron chi connectivity index (χ2n) is 3.45. The van der Waals surface area contributed by atoms with Crippen molar-refractivity contribution in [1.82, 2.24) is 14.8 Å². The van der Waals surface area contributed by atoms with Crippen LogP contribution >= 0.6 is 11.3 Å². The van der Waals surface area contributed by atoms with Gasteiger partial charge >= 0.3 is 5.97 Å². The van der Waals surface area contributed by atoms with Gasteiger partial charge in [-0.2, -0.15) is 5.10 Å². The summed E-state index contributed by atoms with van der Waals surface area (Å²) < 4.78 is 1.60. The van der Waals surface area contributed by atoms with Crippen molar-refractivity contribution in [2.45, 2.75) is 0 Å². The van der Waals surface area contributed by atoms with E-state index in [-0.39, 0.29) is 5.69 Å². The Bertz CT molecular complexity index is 668. The summed E-state index contributed by atoms with van der Waals surface area (Å²) in [5.41, 5.74) is 0.907. The second-order valence-corrected chi connectivity index (χ2v) is 4.29. The smallest absolute Gasteiger partial charge is 0.355 e. The Balaban J connectivity index is 2.10. The topological polar surface area (TPSA) is 68.0 Å². The number of hydrogen-bond donors (Lipinski definition) is 1. The van der Waals surface area contributed by atoms with E-state index in [0.717, 1.165) is 10.9 Å². The molecule has 17 heavy (non-hydrogen) atoms. The standard InChI is InChI=1S/C11H7N3O2S/c15-10(16)9-6-17-11(12-9)14-5-7-3-1-2-4-8(7)13-14/h1-6H,(H,15,16). The van der Waals surface area contributed by atoms with E-state index < -0.39 is 5.97 Å². The summed E-state index contributed by atoms with van der Waals surface area (Å²) in [6.45, 7) is 0. The van der Waals surface area contributed by atoms with E-state index in [1.54, 1.807) is 4.68 Å². The van der Waals surface area contributed by atoms with Crippen molar-refractivity contribution < 1.29 is 9.90 Å². The van der Waals surface area contributed by atoms with Gasteiger partial charge in [-0.3, -0.25) is 0 Å². The van der Waals surface area contributed by atoms with Gasteiger partial charge in [-0.1, -0.05) is 18.2 Å². The molecule has 84 valence electrons. The van der Waals surface area contributed by atoms with Crippen molar-refractivity contribution in [3.05, 3.63) is 41.5 Å². The van der Waals surface area contributed by atoms with Crippen LogP contribution in [0.15, 0.2) is 35.8 Å². The molecule has 0 saturated carbocycles. The Kier molecular flexibility index (Phi) is 2.15. The molecule has 3 rings (SSSR count). The number of hydrogen-bond acceptors (Lipinski definition) is 4. The minimum absolute atomic E-state index is 0.0459. The normalized spacial score (nSPS) is 10.8. The number of carboxylic acids is 1. The van der Waals surface area contributed by atoms with Crippen molar-refractivity contribution in [3.8, 4) is 5.13 Å². The van der Waals surface area contributed by atoms with E-state index in [9.17, 15) is 4.79 Å². The predicted octanol–water partition coefficient (Wildman–Crippen LogP) is 2.18. The van der Waals surface area contributed by atoms with E-state index in [2.05, 4.69) is 10.1 Å².